The molecule has 2 aromatic carbocycles. The number of hydrogen-bond donors (Lipinski definition) is 1. The number of benzene rings is 2. The van der Waals surface area contributed by atoms with Crippen LogP contribution < -0.4 is 4.90 Å². The Morgan fingerprint density at radius 1 is 1.23 bits per heavy atom. The predicted octanol–water partition coefficient (Wildman–Crippen LogP) is 2.79. The first-order valence-electron chi connectivity index (χ1n) is 6.89. The maximum atomic E-state index is 13.7. The molecule has 0 saturated heterocycles. The molecular formula is C17H14FNO3. The topological polar surface area (TPSA) is 57.6 Å². The van der Waals surface area contributed by atoms with Crippen LogP contribution in [0.1, 0.15) is 21.5 Å². The number of carbonyl (C=O) groups is 2. The normalized spacial score (nSPS) is 16.5. The van der Waals surface area contributed by atoms with Crippen LogP contribution >= 0.6 is 0 Å². The number of hydrogen-bond acceptors (Lipinski definition) is 2. The molecule has 2 aromatic rings. The first-order valence-corrected chi connectivity index (χ1v) is 6.89. The van der Waals surface area contributed by atoms with Gasteiger partial charge in [-0.25, -0.2) is 9.18 Å². The van der Waals surface area contributed by atoms with Crippen LogP contribution in [0.4, 0.5) is 10.1 Å². The summed E-state index contributed by atoms with van der Waals surface area (Å²) in [7, 11) is 0. The molecule has 1 aliphatic heterocycles. The SMILES string of the molecule is Cc1ccc(C(=O)N2c3ccccc3CC2C(=O)O)cc1F. The van der Waals surface area contributed by atoms with Crippen molar-refractivity contribution in [1.82, 2.24) is 0 Å². The molecule has 112 valence electrons. The highest BCUT2D eigenvalue weighted by Gasteiger charge is 2.38. The Kier molecular flexibility index (Phi) is 3.41. The second-order valence-electron chi connectivity index (χ2n) is 5.33. The summed E-state index contributed by atoms with van der Waals surface area (Å²) in [6, 6.07) is 10.3. The highest BCUT2D eigenvalue weighted by atomic mass is 19.1. The number of carboxylic acid groups (broad SMARTS) is 1. The summed E-state index contributed by atoms with van der Waals surface area (Å²) in [5.74, 6) is -2.06. The third-order valence-electron chi connectivity index (χ3n) is 3.90. The van der Waals surface area contributed by atoms with Gasteiger partial charge in [0.15, 0.2) is 0 Å². The fourth-order valence-corrected chi connectivity index (χ4v) is 2.70. The molecule has 4 nitrogen and oxygen atoms in total. The molecule has 22 heavy (non-hydrogen) atoms. The molecule has 5 heteroatoms. The molecule has 1 unspecified atom stereocenters. The minimum Gasteiger partial charge on any atom is -0.480 e. The quantitative estimate of drug-likeness (QED) is 0.927. The second kappa shape index (κ2) is 5.26. The van der Waals surface area contributed by atoms with E-state index in [1.165, 1.54) is 17.0 Å². The smallest absolute Gasteiger partial charge is 0.327 e. The highest BCUT2D eigenvalue weighted by molar-refractivity contribution is 6.10. The van der Waals surface area contributed by atoms with Gasteiger partial charge in [0.2, 0.25) is 0 Å². The molecule has 1 N–H and O–H groups in total. The van der Waals surface area contributed by atoms with Gasteiger partial charge in [0, 0.05) is 17.7 Å². The monoisotopic (exact) mass is 299 g/mol. The average molecular weight is 299 g/mol. The van der Waals surface area contributed by atoms with Crippen LogP contribution in [0.2, 0.25) is 0 Å². The van der Waals surface area contributed by atoms with Crippen molar-refractivity contribution in [3.05, 3.63) is 65.0 Å². The van der Waals surface area contributed by atoms with E-state index in [2.05, 4.69) is 0 Å². The zero-order valence-electron chi connectivity index (χ0n) is 11.9. The summed E-state index contributed by atoms with van der Waals surface area (Å²) in [5, 5.41) is 9.38. The number of amides is 1. The third kappa shape index (κ3) is 2.24. The number of anilines is 1. The molecule has 0 radical (unpaired) electrons. The lowest BCUT2D eigenvalue weighted by atomic mass is 10.1. The van der Waals surface area contributed by atoms with E-state index >= 15 is 0 Å². The zero-order valence-corrected chi connectivity index (χ0v) is 11.9. The van der Waals surface area contributed by atoms with Crippen molar-refractivity contribution in [3.63, 3.8) is 0 Å². The number of para-hydroxylation sites is 1. The van der Waals surface area contributed by atoms with E-state index < -0.39 is 23.7 Å². The summed E-state index contributed by atoms with van der Waals surface area (Å²) < 4.78 is 13.7. The van der Waals surface area contributed by atoms with E-state index in [4.69, 9.17) is 0 Å². The van der Waals surface area contributed by atoms with Gasteiger partial charge in [0.1, 0.15) is 11.9 Å². The van der Waals surface area contributed by atoms with Gasteiger partial charge in [0.05, 0.1) is 0 Å². The van der Waals surface area contributed by atoms with E-state index in [1.807, 2.05) is 0 Å². The molecule has 0 spiro atoms. The van der Waals surface area contributed by atoms with Crippen LogP contribution in [-0.4, -0.2) is 23.0 Å². The van der Waals surface area contributed by atoms with Crippen molar-refractivity contribution in [2.45, 2.75) is 19.4 Å². The molecule has 1 atom stereocenters. The van der Waals surface area contributed by atoms with Crippen LogP contribution in [0, 0.1) is 12.7 Å². The maximum absolute atomic E-state index is 13.7. The van der Waals surface area contributed by atoms with Crippen LogP contribution in [0.3, 0.4) is 0 Å². The van der Waals surface area contributed by atoms with Gasteiger partial charge in [-0.3, -0.25) is 9.69 Å². The van der Waals surface area contributed by atoms with Crippen LogP contribution in [0.15, 0.2) is 42.5 Å². The number of nitrogens with zero attached hydrogens (tertiary/aromatic N) is 1. The Bertz CT molecular complexity index is 772. The first kappa shape index (κ1) is 14.3. The molecule has 0 fully saturated rings. The fourth-order valence-electron chi connectivity index (χ4n) is 2.70. The molecule has 1 heterocycles. The highest BCUT2D eigenvalue weighted by Crippen LogP contribution is 2.33. The minimum atomic E-state index is -1.07. The number of fused-ring (bicyclic) bond motifs is 1. The summed E-state index contributed by atoms with van der Waals surface area (Å²) in [5.41, 5.74) is 1.95. The summed E-state index contributed by atoms with van der Waals surface area (Å²) in [6.45, 7) is 1.61. The summed E-state index contributed by atoms with van der Waals surface area (Å²) in [6.07, 6.45) is 0.256. The van der Waals surface area contributed by atoms with Crippen LogP contribution in [0.25, 0.3) is 0 Å². The Morgan fingerprint density at radius 3 is 2.64 bits per heavy atom. The van der Waals surface area contributed by atoms with E-state index in [0.29, 0.717) is 11.3 Å². The minimum absolute atomic E-state index is 0.144. The molecule has 3 rings (SSSR count). The molecular weight excluding hydrogens is 285 g/mol. The maximum Gasteiger partial charge on any atom is 0.327 e. The standard InChI is InChI=1S/C17H14FNO3/c1-10-6-7-12(8-13(10)18)16(20)19-14-5-3-2-4-11(14)9-15(19)17(21)22/h2-8,15H,9H2,1H3,(H,21,22). The van der Waals surface area contributed by atoms with Gasteiger partial charge in [-0.05, 0) is 36.2 Å². The van der Waals surface area contributed by atoms with Gasteiger partial charge in [-0.2, -0.15) is 0 Å². The van der Waals surface area contributed by atoms with Gasteiger partial charge in [-0.15, -0.1) is 0 Å². The Labute approximate surface area is 126 Å². The first-order chi connectivity index (χ1) is 10.5. The van der Waals surface area contributed by atoms with Crippen molar-refractivity contribution in [3.8, 4) is 0 Å². The van der Waals surface area contributed by atoms with E-state index in [0.717, 1.165) is 11.6 Å². The predicted molar refractivity (Wildman–Crippen MR) is 79.5 cm³/mol. The van der Waals surface area contributed by atoms with E-state index in [1.54, 1.807) is 31.2 Å². The van der Waals surface area contributed by atoms with Crippen molar-refractivity contribution >= 4 is 17.6 Å². The van der Waals surface area contributed by atoms with Crippen molar-refractivity contribution in [2.24, 2.45) is 0 Å². The Hall–Kier alpha value is -2.69. The lowest BCUT2D eigenvalue weighted by molar-refractivity contribution is -0.138. The average Bonchev–Trinajstić information content (AvgIpc) is 2.89. The number of carbonyl (C=O) groups excluding carboxylic acids is 1. The molecule has 0 aliphatic carbocycles. The fraction of sp³-hybridized carbons (Fsp3) is 0.176. The van der Waals surface area contributed by atoms with E-state index in [-0.39, 0.29) is 12.0 Å². The number of aryl methyl sites for hydroxylation is 1. The zero-order chi connectivity index (χ0) is 15.9. The molecule has 0 aromatic heterocycles. The van der Waals surface area contributed by atoms with Gasteiger partial charge in [0.25, 0.3) is 5.91 Å². The van der Waals surface area contributed by atoms with Gasteiger partial charge < -0.3 is 5.11 Å². The molecule has 1 amide bonds. The molecule has 0 saturated carbocycles. The number of carboxylic acids is 1. The third-order valence-corrected chi connectivity index (χ3v) is 3.90. The largest absolute Gasteiger partial charge is 0.480 e. The second-order valence-corrected chi connectivity index (χ2v) is 5.33. The number of halogens is 1. The summed E-state index contributed by atoms with van der Waals surface area (Å²) in [4.78, 5) is 25.4. The number of aliphatic carboxylic acids is 1. The summed E-state index contributed by atoms with van der Waals surface area (Å²) >= 11 is 0. The number of rotatable bonds is 2. The van der Waals surface area contributed by atoms with Crippen molar-refractivity contribution < 1.29 is 19.1 Å². The molecule has 1 aliphatic rings. The lowest BCUT2D eigenvalue weighted by Crippen LogP contribution is -2.42. The van der Waals surface area contributed by atoms with Crippen LogP contribution in [0.5, 0.6) is 0 Å². The Balaban J connectivity index is 2.05. The molecule has 0 bridgehead atoms. The van der Waals surface area contributed by atoms with Crippen LogP contribution in [-0.2, 0) is 11.2 Å². The lowest BCUT2D eigenvalue weighted by Gasteiger charge is -2.22. The van der Waals surface area contributed by atoms with Crippen molar-refractivity contribution in [2.75, 3.05) is 4.90 Å². The van der Waals surface area contributed by atoms with Gasteiger partial charge in [-0.1, -0.05) is 24.3 Å². The van der Waals surface area contributed by atoms with Crippen molar-refractivity contribution in [1.29, 1.82) is 0 Å². The Morgan fingerprint density at radius 2 is 1.95 bits per heavy atom. The van der Waals surface area contributed by atoms with Gasteiger partial charge >= 0.3 is 5.97 Å². The van der Waals surface area contributed by atoms with E-state index in [9.17, 15) is 19.1 Å².